The molecule has 1 N–H and O–H groups in total. The molecule has 0 radical (unpaired) electrons. The van der Waals surface area contributed by atoms with E-state index in [1.54, 1.807) is 23.6 Å². The number of nitrogens with zero attached hydrogens (tertiary/aromatic N) is 7. The summed E-state index contributed by atoms with van der Waals surface area (Å²) in [5.41, 5.74) is 4.38. The summed E-state index contributed by atoms with van der Waals surface area (Å²) in [6, 6.07) is 7.90. The molecule has 2 aliphatic heterocycles. The summed E-state index contributed by atoms with van der Waals surface area (Å²) < 4.78 is 1.87. The third-order valence-electron chi connectivity index (χ3n) is 5.89. The van der Waals surface area contributed by atoms with Gasteiger partial charge < -0.3 is 14.8 Å². The summed E-state index contributed by atoms with van der Waals surface area (Å²) in [4.78, 5) is 33.2. The maximum atomic E-state index is 12.4. The van der Waals surface area contributed by atoms with Crippen LogP contribution in [0.4, 0.5) is 5.82 Å². The van der Waals surface area contributed by atoms with Crippen molar-refractivity contribution in [2.45, 2.75) is 18.9 Å². The van der Waals surface area contributed by atoms with Crippen LogP contribution in [0.25, 0.3) is 5.52 Å². The average molecular weight is 400 g/mol. The first-order valence-electron chi connectivity index (χ1n) is 10.1. The fraction of sp³-hybridized carbons (Fsp3) is 0.286. The van der Waals surface area contributed by atoms with Crippen LogP contribution in [0, 0.1) is 0 Å². The highest BCUT2D eigenvalue weighted by Gasteiger charge is 2.34. The van der Waals surface area contributed by atoms with Crippen molar-refractivity contribution >= 4 is 17.2 Å². The molecule has 4 aromatic heterocycles. The van der Waals surface area contributed by atoms with Gasteiger partial charge in [0.05, 0.1) is 35.6 Å². The highest BCUT2D eigenvalue weighted by Crippen LogP contribution is 2.35. The maximum Gasteiger partial charge on any atom is 0.274 e. The lowest BCUT2D eigenvalue weighted by Crippen LogP contribution is -2.42. The first-order chi connectivity index (χ1) is 14.8. The van der Waals surface area contributed by atoms with Gasteiger partial charge in [-0.15, -0.1) is 0 Å². The lowest BCUT2D eigenvalue weighted by Gasteiger charge is -2.34. The maximum absolute atomic E-state index is 12.4. The SMILES string of the molecule is O=C(c1cnc(N2CCc3[nH]cnc3[C@@H]2c2cc3ccccn3n2)cn1)N1CCC1. The standard InChI is InChI=1S/C21H20N8O/c30-21(27-6-3-7-27)17-11-23-18(12-22-17)28-9-5-15-19(25-13-24-15)20(28)16-10-14-4-1-2-8-29(14)26-16/h1-2,4,8,10-13,20H,3,5-7,9H2,(H,24,25)/t20-/m0/s1. The van der Waals surface area contributed by atoms with Crippen LogP contribution in [0.3, 0.4) is 0 Å². The van der Waals surface area contributed by atoms with Gasteiger partial charge in [-0.05, 0) is 24.6 Å². The number of rotatable bonds is 3. The second-order valence-electron chi connectivity index (χ2n) is 7.66. The Morgan fingerprint density at radius 1 is 1.10 bits per heavy atom. The molecule has 150 valence electrons. The number of hydrogen-bond acceptors (Lipinski definition) is 6. The number of amides is 1. The lowest BCUT2D eigenvalue weighted by atomic mass is 10.00. The van der Waals surface area contributed by atoms with E-state index in [2.05, 4.69) is 30.9 Å². The monoisotopic (exact) mass is 400 g/mol. The number of carbonyl (C=O) groups is 1. The van der Waals surface area contributed by atoms with Gasteiger partial charge in [-0.25, -0.2) is 19.5 Å². The molecular formula is C21H20N8O. The molecule has 6 heterocycles. The largest absolute Gasteiger partial charge is 0.348 e. The zero-order chi connectivity index (χ0) is 20.1. The average Bonchev–Trinajstić information content (AvgIpc) is 3.38. The van der Waals surface area contributed by atoms with Gasteiger partial charge in [0.2, 0.25) is 0 Å². The molecule has 9 nitrogen and oxygen atoms in total. The van der Waals surface area contributed by atoms with Crippen molar-refractivity contribution in [3.8, 4) is 0 Å². The molecule has 1 amide bonds. The summed E-state index contributed by atoms with van der Waals surface area (Å²) in [7, 11) is 0. The molecule has 1 fully saturated rings. The van der Waals surface area contributed by atoms with Crippen LogP contribution >= 0.6 is 0 Å². The zero-order valence-electron chi connectivity index (χ0n) is 16.3. The summed E-state index contributed by atoms with van der Waals surface area (Å²) in [5, 5.41) is 4.79. The molecule has 0 aromatic carbocycles. The number of anilines is 1. The van der Waals surface area contributed by atoms with Crippen molar-refractivity contribution in [2.24, 2.45) is 0 Å². The van der Waals surface area contributed by atoms with Gasteiger partial charge in [-0.1, -0.05) is 6.07 Å². The molecule has 30 heavy (non-hydrogen) atoms. The van der Waals surface area contributed by atoms with E-state index in [4.69, 9.17) is 5.10 Å². The molecule has 1 saturated heterocycles. The number of fused-ring (bicyclic) bond motifs is 2. The predicted octanol–water partition coefficient (Wildman–Crippen LogP) is 1.85. The number of aromatic nitrogens is 6. The molecule has 0 unspecified atom stereocenters. The zero-order valence-corrected chi connectivity index (χ0v) is 16.3. The lowest BCUT2D eigenvalue weighted by molar-refractivity contribution is 0.0645. The van der Waals surface area contributed by atoms with Gasteiger partial charge in [-0.2, -0.15) is 5.10 Å². The summed E-state index contributed by atoms with van der Waals surface area (Å²) in [5.74, 6) is 0.663. The molecule has 0 spiro atoms. The normalized spacial score (nSPS) is 18.3. The molecule has 0 aliphatic carbocycles. The number of aromatic amines is 1. The van der Waals surface area contributed by atoms with Crippen molar-refractivity contribution in [2.75, 3.05) is 24.5 Å². The number of carbonyl (C=O) groups excluding carboxylic acids is 1. The van der Waals surface area contributed by atoms with E-state index in [1.807, 2.05) is 28.9 Å². The van der Waals surface area contributed by atoms with Crippen molar-refractivity contribution in [1.29, 1.82) is 0 Å². The smallest absolute Gasteiger partial charge is 0.274 e. The first kappa shape index (κ1) is 17.1. The highest BCUT2D eigenvalue weighted by molar-refractivity contribution is 5.92. The van der Waals surface area contributed by atoms with Gasteiger partial charge in [0.15, 0.2) is 0 Å². The van der Waals surface area contributed by atoms with Gasteiger partial charge in [0.1, 0.15) is 17.6 Å². The molecule has 9 heteroatoms. The Morgan fingerprint density at radius 3 is 2.80 bits per heavy atom. The Labute approximate surface area is 172 Å². The van der Waals surface area contributed by atoms with E-state index in [0.717, 1.165) is 55.1 Å². The number of hydrogen-bond donors (Lipinski definition) is 1. The Bertz CT molecular complexity index is 1190. The quantitative estimate of drug-likeness (QED) is 0.564. The van der Waals surface area contributed by atoms with E-state index in [9.17, 15) is 4.79 Å². The molecule has 2 aliphatic rings. The fourth-order valence-electron chi connectivity index (χ4n) is 4.18. The number of pyridine rings is 1. The molecular weight excluding hydrogens is 380 g/mol. The third-order valence-corrected chi connectivity index (χ3v) is 5.89. The topological polar surface area (TPSA) is 95.3 Å². The van der Waals surface area contributed by atoms with Crippen LogP contribution in [-0.2, 0) is 6.42 Å². The van der Waals surface area contributed by atoms with Crippen LogP contribution in [-0.4, -0.2) is 60.0 Å². The second kappa shape index (κ2) is 6.65. The van der Waals surface area contributed by atoms with Crippen LogP contribution in [0.15, 0.2) is 49.2 Å². The van der Waals surface area contributed by atoms with Crippen molar-refractivity contribution < 1.29 is 4.79 Å². The van der Waals surface area contributed by atoms with Gasteiger partial charge in [0, 0.05) is 37.9 Å². The van der Waals surface area contributed by atoms with Crippen LogP contribution < -0.4 is 4.90 Å². The molecule has 0 saturated carbocycles. The van der Waals surface area contributed by atoms with E-state index in [0.29, 0.717) is 11.5 Å². The molecule has 6 rings (SSSR count). The van der Waals surface area contributed by atoms with E-state index >= 15 is 0 Å². The summed E-state index contributed by atoms with van der Waals surface area (Å²) in [6.45, 7) is 2.35. The minimum Gasteiger partial charge on any atom is -0.348 e. The van der Waals surface area contributed by atoms with Crippen molar-refractivity contribution in [1.82, 2.24) is 34.4 Å². The molecule has 4 aromatic rings. The Morgan fingerprint density at radius 2 is 2.03 bits per heavy atom. The molecule has 1 atom stereocenters. The summed E-state index contributed by atoms with van der Waals surface area (Å²) >= 11 is 0. The van der Waals surface area contributed by atoms with Gasteiger partial charge in [0.25, 0.3) is 5.91 Å². The first-order valence-corrected chi connectivity index (χ1v) is 10.1. The van der Waals surface area contributed by atoms with E-state index < -0.39 is 0 Å². The number of imidazole rings is 1. The fourth-order valence-corrected chi connectivity index (χ4v) is 4.18. The molecule has 0 bridgehead atoms. The Kier molecular flexibility index (Phi) is 3.80. The van der Waals surface area contributed by atoms with E-state index in [1.165, 1.54) is 0 Å². The van der Waals surface area contributed by atoms with Gasteiger partial charge >= 0.3 is 0 Å². The highest BCUT2D eigenvalue weighted by atomic mass is 16.2. The van der Waals surface area contributed by atoms with Crippen LogP contribution in [0.1, 0.15) is 40.0 Å². The van der Waals surface area contributed by atoms with Crippen molar-refractivity contribution in [3.05, 3.63) is 72.0 Å². The predicted molar refractivity (Wildman–Crippen MR) is 109 cm³/mol. The van der Waals surface area contributed by atoms with Crippen LogP contribution in [0.5, 0.6) is 0 Å². The third kappa shape index (κ3) is 2.66. The number of likely N-dealkylation sites (tertiary alicyclic amines) is 1. The minimum absolute atomic E-state index is 0.0505. The summed E-state index contributed by atoms with van der Waals surface area (Å²) in [6.07, 6.45) is 8.82. The van der Waals surface area contributed by atoms with Gasteiger partial charge in [-0.3, -0.25) is 4.79 Å². The Hall–Kier alpha value is -3.75. The van der Waals surface area contributed by atoms with Crippen LogP contribution in [0.2, 0.25) is 0 Å². The van der Waals surface area contributed by atoms with Crippen molar-refractivity contribution in [3.63, 3.8) is 0 Å². The number of nitrogens with one attached hydrogen (secondary N) is 1. The Balaban J connectivity index is 1.38. The number of H-pyrrole nitrogens is 1. The minimum atomic E-state index is -0.175. The second-order valence-corrected chi connectivity index (χ2v) is 7.66. The van der Waals surface area contributed by atoms with E-state index in [-0.39, 0.29) is 11.9 Å².